The van der Waals surface area contributed by atoms with Crippen molar-refractivity contribution in [2.45, 2.75) is 75.1 Å². The summed E-state index contributed by atoms with van der Waals surface area (Å²) in [5.41, 5.74) is 1.72. The maximum atomic E-state index is 12.0. The van der Waals surface area contributed by atoms with Crippen molar-refractivity contribution in [3.63, 3.8) is 0 Å². The van der Waals surface area contributed by atoms with Crippen LogP contribution in [0, 0.1) is 28.6 Å². The first-order valence-corrected chi connectivity index (χ1v) is 11.2. The predicted octanol–water partition coefficient (Wildman–Crippen LogP) is 5.80. The number of hydrogen-bond donors (Lipinski definition) is 0. The maximum Gasteiger partial charge on any atom is 0.358 e. The molecule has 6 heteroatoms. The van der Waals surface area contributed by atoms with E-state index in [9.17, 15) is 9.59 Å². The van der Waals surface area contributed by atoms with Crippen molar-refractivity contribution in [1.82, 2.24) is 0 Å². The lowest BCUT2D eigenvalue weighted by atomic mass is 9.47. The van der Waals surface area contributed by atoms with Crippen LogP contribution in [0.25, 0.3) is 0 Å². The molecule has 0 bridgehead atoms. The molecule has 0 amide bonds. The van der Waals surface area contributed by atoms with Gasteiger partial charge >= 0.3 is 5.97 Å². The molecular weight excluding hydrogens is 407 g/mol. The molecule has 0 aromatic heterocycles. The zero-order valence-electron chi connectivity index (χ0n) is 15.9. The summed E-state index contributed by atoms with van der Waals surface area (Å²) in [5.74, 6) is 1.30. The van der Waals surface area contributed by atoms with Crippen molar-refractivity contribution < 1.29 is 14.3 Å². The zero-order valence-corrected chi connectivity index (χ0v) is 18.2. The average Bonchev–Trinajstić information content (AvgIpc) is 2.90. The molecule has 4 aliphatic rings. The first-order chi connectivity index (χ1) is 12.5. The van der Waals surface area contributed by atoms with Gasteiger partial charge in [-0.25, -0.2) is 4.79 Å². The lowest BCUT2D eigenvalue weighted by Gasteiger charge is -2.57. The number of ketones is 1. The standard InChI is InChI=1S/C21H27Cl3O3/c1-19-7-6-16-15(4-3-12-9-13(25)5-8-20(12,16)2)17(19)10-14(11-19)27-18(26)21(22,23)24/h9,14-17H,3-8,10-11H2,1-2H3/t14-,15+,16-,17-,19+,20-/m0/s1. The van der Waals surface area contributed by atoms with E-state index >= 15 is 0 Å². The van der Waals surface area contributed by atoms with Crippen molar-refractivity contribution >= 4 is 46.6 Å². The largest absolute Gasteiger partial charge is 0.459 e. The highest BCUT2D eigenvalue weighted by Crippen LogP contribution is 2.65. The fraction of sp³-hybridized carbons (Fsp3) is 0.810. The third-order valence-electron chi connectivity index (χ3n) is 8.20. The summed E-state index contributed by atoms with van der Waals surface area (Å²) < 4.78 is 3.56. The van der Waals surface area contributed by atoms with E-state index in [0.29, 0.717) is 30.0 Å². The molecule has 27 heavy (non-hydrogen) atoms. The lowest BCUT2D eigenvalue weighted by Crippen LogP contribution is -2.49. The Bertz CT molecular complexity index is 697. The molecule has 3 saturated carbocycles. The minimum absolute atomic E-state index is 0.157. The molecule has 3 fully saturated rings. The second kappa shape index (κ2) is 6.64. The van der Waals surface area contributed by atoms with E-state index in [1.807, 2.05) is 6.08 Å². The van der Waals surface area contributed by atoms with Crippen LogP contribution in [0.5, 0.6) is 0 Å². The van der Waals surface area contributed by atoms with Gasteiger partial charge in [0.1, 0.15) is 6.10 Å². The van der Waals surface area contributed by atoms with E-state index in [1.54, 1.807) is 0 Å². The molecule has 0 saturated heterocycles. The molecule has 0 aromatic rings. The van der Waals surface area contributed by atoms with Gasteiger partial charge in [-0.2, -0.15) is 0 Å². The summed E-state index contributed by atoms with van der Waals surface area (Å²) in [5, 5.41) is 0. The Morgan fingerprint density at radius 3 is 2.59 bits per heavy atom. The highest BCUT2D eigenvalue weighted by molar-refractivity contribution is 6.75. The van der Waals surface area contributed by atoms with Crippen LogP contribution in [-0.2, 0) is 14.3 Å². The first kappa shape index (κ1) is 20.0. The Morgan fingerprint density at radius 2 is 1.89 bits per heavy atom. The third kappa shape index (κ3) is 3.36. The summed E-state index contributed by atoms with van der Waals surface area (Å²) in [7, 11) is 0. The Morgan fingerprint density at radius 1 is 1.15 bits per heavy atom. The number of esters is 1. The number of allylic oxidation sites excluding steroid dienone is 1. The van der Waals surface area contributed by atoms with E-state index in [1.165, 1.54) is 12.0 Å². The molecule has 0 aromatic carbocycles. The molecule has 4 rings (SSSR count). The fourth-order valence-electron chi connectivity index (χ4n) is 6.86. The molecule has 0 aliphatic heterocycles. The van der Waals surface area contributed by atoms with E-state index in [4.69, 9.17) is 39.5 Å². The molecule has 150 valence electrons. The van der Waals surface area contributed by atoms with E-state index in [-0.39, 0.29) is 16.9 Å². The minimum atomic E-state index is -2.01. The van der Waals surface area contributed by atoms with Crippen molar-refractivity contribution in [2.75, 3.05) is 0 Å². The van der Waals surface area contributed by atoms with Gasteiger partial charge < -0.3 is 4.74 Å². The molecule has 0 spiro atoms. The number of halogens is 3. The van der Waals surface area contributed by atoms with Gasteiger partial charge in [0.25, 0.3) is 3.79 Å². The highest BCUT2D eigenvalue weighted by atomic mass is 35.6. The summed E-state index contributed by atoms with van der Waals surface area (Å²) in [6.45, 7) is 4.72. The Hall–Kier alpha value is -0.250. The van der Waals surface area contributed by atoms with Gasteiger partial charge in [-0.1, -0.05) is 54.2 Å². The second-order valence-electron chi connectivity index (χ2n) is 9.63. The van der Waals surface area contributed by atoms with Crippen molar-refractivity contribution in [3.8, 4) is 0 Å². The van der Waals surface area contributed by atoms with Crippen LogP contribution >= 0.6 is 34.8 Å². The number of alkyl halides is 3. The number of carbonyl (C=O) groups excluding carboxylic acids is 2. The Labute approximate surface area is 176 Å². The molecule has 0 N–H and O–H groups in total. The van der Waals surface area contributed by atoms with Crippen LogP contribution in [0.1, 0.15) is 65.2 Å². The predicted molar refractivity (Wildman–Crippen MR) is 107 cm³/mol. The van der Waals surface area contributed by atoms with Gasteiger partial charge in [0.2, 0.25) is 0 Å². The third-order valence-corrected chi connectivity index (χ3v) is 8.66. The Balaban J connectivity index is 1.54. The summed E-state index contributed by atoms with van der Waals surface area (Å²) in [4.78, 5) is 23.9. The van der Waals surface area contributed by atoms with Gasteiger partial charge in [-0.05, 0) is 79.6 Å². The van der Waals surface area contributed by atoms with Crippen molar-refractivity contribution in [3.05, 3.63) is 11.6 Å². The van der Waals surface area contributed by atoms with Crippen LogP contribution in [0.4, 0.5) is 0 Å². The maximum absolute atomic E-state index is 12.0. The van der Waals surface area contributed by atoms with Crippen molar-refractivity contribution in [2.24, 2.45) is 28.6 Å². The number of ether oxygens (including phenoxy) is 1. The first-order valence-electron chi connectivity index (χ1n) is 10.0. The number of hydrogen-bond acceptors (Lipinski definition) is 3. The van der Waals surface area contributed by atoms with E-state index in [2.05, 4.69) is 13.8 Å². The normalized spacial score (nSPS) is 44.0. The number of fused-ring (bicyclic) bond motifs is 5. The summed E-state index contributed by atoms with van der Waals surface area (Å²) in [6.07, 6.45) is 9.61. The van der Waals surface area contributed by atoms with Crippen molar-refractivity contribution in [1.29, 1.82) is 0 Å². The van der Waals surface area contributed by atoms with Gasteiger partial charge in [0.05, 0.1) is 0 Å². The smallest absolute Gasteiger partial charge is 0.358 e. The monoisotopic (exact) mass is 432 g/mol. The molecule has 4 aliphatic carbocycles. The van der Waals surface area contributed by atoms with Crippen LogP contribution in [0.15, 0.2) is 11.6 Å². The van der Waals surface area contributed by atoms with Crippen LogP contribution in [0.2, 0.25) is 0 Å². The van der Waals surface area contributed by atoms with Crippen LogP contribution < -0.4 is 0 Å². The van der Waals surface area contributed by atoms with Crippen LogP contribution in [0.3, 0.4) is 0 Å². The van der Waals surface area contributed by atoms with Gasteiger partial charge in [0.15, 0.2) is 5.78 Å². The molecule has 0 unspecified atom stereocenters. The molecule has 0 heterocycles. The number of rotatable bonds is 1. The van der Waals surface area contributed by atoms with E-state index < -0.39 is 9.76 Å². The van der Waals surface area contributed by atoms with Gasteiger partial charge in [-0.15, -0.1) is 0 Å². The van der Waals surface area contributed by atoms with Gasteiger partial charge in [0, 0.05) is 6.42 Å². The average molecular weight is 434 g/mol. The summed E-state index contributed by atoms with van der Waals surface area (Å²) in [6, 6.07) is 0. The molecule has 6 atom stereocenters. The SMILES string of the molecule is C[C@]12CC[C@H]3[C@@H](CCC4=CC(=O)CC[C@@]43C)[C@@H]1C[C@H](OC(=O)C(Cl)(Cl)Cl)C2. The molecule has 3 nitrogen and oxygen atoms in total. The quantitative estimate of drug-likeness (QED) is 0.387. The zero-order chi connectivity index (χ0) is 19.6. The molecule has 0 radical (unpaired) electrons. The van der Waals surface area contributed by atoms with Crippen LogP contribution in [-0.4, -0.2) is 21.6 Å². The summed E-state index contributed by atoms with van der Waals surface area (Å²) >= 11 is 17.1. The van der Waals surface area contributed by atoms with E-state index in [0.717, 1.165) is 38.5 Å². The number of carbonyl (C=O) groups is 2. The highest BCUT2D eigenvalue weighted by Gasteiger charge is 2.58. The fourth-order valence-corrected chi connectivity index (χ4v) is 6.99. The Kier molecular flexibility index (Phi) is 4.93. The lowest BCUT2D eigenvalue weighted by molar-refractivity contribution is -0.148. The van der Waals surface area contributed by atoms with Gasteiger partial charge in [-0.3, -0.25) is 4.79 Å². The second-order valence-corrected chi connectivity index (χ2v) is 11.9. The minimum Gasteiger partial charge on any atom is -0.459 e. The molecular formula is C21H27Cl3O3. The topological polar surface area (TPSA) is 43.4 Å².